The zero-order valence-corrected chi connectivity index (χ0v) is 13.0. The number of fused-ring (bicyclic) bond motifs is 1. The number of pyridine rings is 1. The molecular formula is C18H16N4O2. The van der Waals surface area contributed by atoms with Crippen molar-refractivity contribution in [2.75, 3.05) is 5.73 Å². The summed E-state index contributed by atoms with van der Waals surface area (Å²) in [6.45, 7) is 1.89. The van der Waals surface area contributed by atoms with Crippen LogP contribution in [0.2, 0.25) is 0 Å². The molecule has 3 rings (SSSR count). The molecule has 24 heavy (non-hydrogen) atoms. The lowest BCUT2D eigenvalue weighted by Crippen LogP contribution is -2.41. The second-order valence-electron chi connectivity index (χ2n) is 5.38. The minimum atomic E-state index is -0.522. The number of anilines is 1. The van der Waals surface area contributed by atoms with Gasteiger partial charge in [0.05, 0.1) is 16.8 Å². The van der Waals surface area contributed by atoms with Gasteiger partial charge in [-0.25, -0.2) is 0 Å². The van der Waals surface area contributed by atoms with Crippen molar-refractivity contribution >= 4 is 28.4 Å². The van der Waals surface area contributed by atoms with Gasteiger partial charge in [0, 0.05) is 17.1 Å². The maximum Gasteiger partial charge on any atom is 0.273 e. The van der Waals surface area contributed by atoms with Crippen LogP contribution in [0.4, 0.5) is 5.69 Å². The predicted octanol–water partition coefficient (Wildman–Crippen LogP) is 2.20. The minimum Gasteiger partial charge on any atom is -0.397 e. The SMILES string of the molecule is Cc1cccc(C(=O)NNC(=O)c2cnc3ccccc3c2N)c1. The highest BCUT2D eigenvalue weighted by atomic mass is 16.2. The first kappa shape index (κ1) is 15.5. The topological polar surface area (TPSA) is 97.1 Å². The summed E-state index contributed by atoms with van der Waals surface area (Å²) in [7, 11) is 0. The summed E-state index contributed by atoms with van der Waals surface area (Å²) in [5.74, 6) is -0.925. The summed E-state index contributed by atoms with van der Waals surface area (Å²) < 4.78 is 0. The van der Waals surface area contributed by atoms with Crippen LogP contribution in [0.5, 0.6) is 0 Å². The van der Waals surface area contributed by atoms with Crippen LogP contribution in [-0.4, -0.2) is 16.8 Å². The normalized spacial score (nSPS) is 10.4. The standard InChI is InChI=1S/C18H16N4O2/c1-11-5-4-6-12(9-11)17(23)21-22-18(24)14-10-20-15-8-3-2-7-13(15)16(14)19/h2-10H,1H3,(H2,19,20)(H,21,23)(H,22,24). The number of nitrogen functional groups attached to an aromatic ring is 1. The summed E-state index contributed by atoms with van der Waals surface area (Å²) in [5.41, 5.74) is 13.4. The number of benzene rings is 2. The molecule has 2 amide bonds. The van der Waals surface area contributed by atoms with Crippen LogP contribution in [0.25, 0.3) is 10.9 Å². The number of nitrogens with zero attached hydrogens (tertiary/aromatic N) is 1. The molecule has 0 spiro atoms. The van der Waals surface area contributed by atoms with Gasteiger partial charge in [0.25, 0.3) is 11.8 Å². The fraction of sp³-hybridized carbons (Fsp3) is 0.0556. The van der Waals surface area contributed by atoms with Crippen molar-refractivity contribution in [2.24, 2.45) is 0 Å². The molecule has 1 heterocycles. The van der Waals surface area contributed by atoms with Crippen molar-refractivity contribution in [3.05, 3.63) is 71.4 Å². The quantitative estimate of drug-likeness (QED) is 0.631. The summed E-state index contributed by atoms with van der Waals surface area (Å²) in [5, 5.41) is 0.690. The highest BCUT2D eigenvalue weighted by Crippen LogP contribution is 2.22. The van der Waals surface area contributed by atoms with Crippen LogP contribution in [0.15, 0.2) is 54.7 Å². The van der Waals surface area contributed by atoms with Crippen molar-refractivity contribution in [2.45, 2.75) is 6.92 Å². The molecule has 120 valence electrons. The fourth-order valence-electron chi connectivity index (χ4n) is 2.38. The van der Waals surface area contributed by atoms with E-state index in [9.17, 15) is 9.59 Å². The molecule has 0 radical (unpaired) electrons. The third-order valence-corrected chi connectivity index (χ3v) is 3.63. The fourth-order valence-corrected chi connectivity index (χ4v) is 2.38. The van der Waals surface area contributed by atoms with E-state index in [1.54, 1.807) is 24.3 Å². The summed E-state index contributed by atoms with van der Waals surface area (Å²) in [6, 6.07) is 14.3. The van der Waals surface area contributed by atoms with Crippen molar-refractivity contribution in [1.29, 1.82) is 0 Å². The van der Waals surface area contributed by atoms with Gasteiger partial charge in [-0.05, 0) is 25.1 Å². The zero-order valence-electron chi connectivity index (χ0n) is 13.0. The predicted molar refractivity (Wildman–Crippen MR) is 92.3 cm³/mol. The number of amides is 2. The van der Waals surface area contributed by atoms with Crippen LogP contribution in [-0.2, 0) is 0 Å². The van der Waals surface area contributed by atoms with Crippen LogP contribution >= 0.6 is 0 Å². The zero-order chi connectivity index (χ0) is 17.1. The van der Waals surface area contributed by atoms with Crippen LogP contribution in [0.1, 0.15) is 26.3 Å². The van der Waals surface area contributed by atoms with E-state index in [4.69, 9.17) is 5.73 Å². The Morgan fingerprint density at radius 1 is 1.00 bits per heavy atom. The molecule has 2 aromatic carbocycles. The van der Waals surface area contributed by atoms with E-state index < -0.39 is 11.8 Å². The van der Waals surface area contributed by atoms with Gasteiger partial charge in [-0.3, -0.25) is 25.4 Å². The number of nitrogens with two attached hydrogens (primary N) is 1. The van der Waals surface area contributed by atoms with Crippen LogP contribution < -0.4 is 16.6 Å². The number of nitrogens with one attached hydrogen (secondary N) is 2. The van der Waals surface area contributed by atoms with Gasteiger partial charge >= 0.3 is 0 Å². The van der Waals surface area contributed by atoms with Gasteiger partial charge in [0.15, 0.2) is 0 Å². The van der Waals surface area contributed by atoms with Gasteiger partial charge in [0.1, 0.15) is 0 Å². The Morgan fingerprint density at radius 3 is 2.54 bits per heavy atom. The summed E-state index contributed by atoms with van der Waals surface area (Å²) in [4.78, 5) is 28.5. The molecule has 0 aliphatic heterocycles. The molecule has 0 saturated carbocycles. The molecule has 0 aliphatic rings. The highest BCUT2D eigenvalue weighted by Gasteiger charge is 2.14. The molecule has 6 heteroatoms. The summed E-state index contributed by atoms with van der Waals surface area (Å²) in [6.07, 6.45) is 1.39. The lowest BCUT2D eigenvalue weighted by molar-refractivity contribution is 0.0847. The van der Waals surface area contributed by atoms with E-state index in [0.29, 0.717) is 22.2 Å². The number of hydrogen-bond acceptors (Lipinski definition) is 4. The maximum absolute atomic E-state index is 12.3. The Hall–Kier alpha value is -3.41. The molecule has 3 aromatic rings. The van der Waals surface area contributed by atoms with E-state index in [1.807, 2.05) is 31.2 Å². The van der Waals surface area contributed by atoms with Crippen LogP contribution in [0.3, 0.4) is 0 Å². The molecule has 4 N–H and O–H groups in total. The number of rotatable bonds is 2. The monoisotopic (exact) mass is 320 g/mol. The Labute approximate surface area is 138 Å². The molecule has 1 aromatic heterocycles. The Morgan fingerprint density at radius 2 is 1.75 bits per heavy atom. The number of aryl methyl sites for hydroxylation is 1. The van der Waals surface area contributed by atoms with E-state index in [2.05, 4.69) is 15.8 Å². The van der Waals surface area contributed by atoms with E-state index in [1.165, 1.54) is 6.20 Å². The van der Waals surface area contributed by atoms with E-state index in [0.717, 1.165) is 5.56 Å². The number of hydrogen-bond donors (Lipinski definition) is 3. The summed E-state index contributed by atoms with van der Waals surface area (Å²) >= 11 is 0. The number of carbonyl (C=O) groups is 2. The maximum atomic E-state index is 12.3. The Kier molecular flexibility index (Phi) is 4.11. The molecular weight excluding hydrogens is 304 g/mol. The molecule has 0 unspecified atom stereocenters. The van der Waals surface area contributed by atoms with Crippen molar-refractivity contribution in [3.63, 3.8) is 0 Å². The lowest BCUT2D eigenvalue weighted by atomic mass is 10.1. The van der Waals surface area contributed by atoms with Crippen molar-refractivity contribution in [3.8, 4) is 0 Å². The second-order valence-corrected chi connectivity index (χ2v) is 5.38. The van der Waals surface area contributed by atoms with E-state index >= 15 is 0 Å². The van der Waals surface area contributed by atoms with Gasteiger partial charge in [-0.2, -0.15) is 0 Å². The average molecular weight is 320 g/mol. The largest absolute Gasteiger partial charge is 0.397 e. The number of aromatic nitrogens is 1. The average Bonchev–Trinajstić information content (AvgIpc) is 2.60. The molecule has 0 aliphatic carbocycles. The number of para-hydroxylation sites is 1. The van der Waals surface area contributed by atoms with Gasteiger partial charge in [0.2, 0.25) is 0 Å². The second kappa shape index (κ2) is 6.37. The molecule has 0 bridgehead atoms. The first-order valence-corrected chi connectivity index (χ1v) is 7.37. The first-order chi connectivity index (χ1) is 11.6. The Bertz CT molecular complexity index is 937. The van der Waals surface area contributed by atoms with Crippen LogP contribution in [0, 0.1) is 6.92 Å². The molecule has 6 nitrogen and oxygen atoms in total. The van der Waals surface area contributed by atoms with Gasteiger partial charge < -0.3 is 5.73 Å². The van der Waals surface area contributed by atoms with Gasteiger partial charge in [-0.15, -0.1) is 0 Å². The number of carbonyl (C=O) groups excluding carboxylic acids is 2. The molecule has 0 fully saturated rings. The third-order valence-electron chi connectivity index (χ3n) is 3.63. The Balaban J connectivity index is 1.76. The van der Waals surface area contributed by atoms with E-state index in [-0.39, 0.29) is 5.56 Å². The molecule has 0 atom stereocenters. The molecule has 0 saturated heterocycles. The van der Waals surface area contributed by atoms with Crippen molar-refractivity contribution < 1.29 is 9.59 Å². The third kappa shape index (κ3) is 3.03. The lowest BCUT2D eigenvalue weighted by Gasteiger charge is -2.10. The van der Waals surface area contributed by atoms with Gasteiger partial charge in [-0.1, -0.05) is 35.9 Å². The highest BCUT2D eigenvalue weighted by molar-refractivity contribution is 6.07. The van der Waals surface area contributed by atoms with Crippen molar-refractivity contribution in [1.82, 2.24) is 15.8 Å². The smallest absolute Gasteiger partial charge is 0.273 e. The number of hydrazine groups is 1. The minimum absolute atomic E-state index is 0.207. The first-order valence-electron chi connectivity index (χ1n) is 7.37.